The monoisotopic (exact) mass is 314 g/mol. The quantitative estimate of drug-likeness (QED) is 0.536. The van der Waals surface area contributed by atoms with Gasteiger partial charge in [-0.25, -0.2) is 8.42 Å². The first kappa shape index (κ1) is 16.3. The summed E-state index contributed by atoms with van der Waals surface area (Å²) in [4.78, 5) is 13.8. The Bertz CT molecular complexity index is 518. The van der Waals surface area contributed by atoms with Crippen molar-refractivity contribution in [2.24, 2.45) is 5.92 Å². The van der Waals surface area contributed by atoms with Gasteiger partial charge in [-0.1, -0.05) is 12.3 Å². The van der Waals surface area contributed by atoms with Crippen molar-refractivity contribution < 1.29 is 17.9 Å². The van der Waals surface area contributed by atoms with E-state index in [-0.39, 0.29) is 0 Å². The Morgan fingerprint density at radius 2 is 1.95 bits per heavy atom. The Hall–Kier alpha value is -1.10. The maximum absolute atomic E-state index is 12.7. The average Bonchev–Trinajstić information content (AvgIpc) is 2.97. The summed E-state index contributed by atoms with van der Waals surface area (Å²) in [6.45, 7) is 2.70. The standard InChI is InChI=1S/C14H22N2O4S/c1-3-7-15-8-10-16(11-9-15)21(18,19)13-6-4-5-12(13)14(17)20-2/h1,12-13H,4-11H2,2H3. The minimum atomic E-state index is -3.45. The van der Waals surface area contributed by atoms with Gasteiger partial charge in [0, 0.05) is 26.2 Å². The summed E-state index contributed by atoms with van der Waals surface area (Å²) >= 11 is 0. The number of esters is 1. The molecule has 1 aliphatic heterocycles. The van der Waals surface area contributed by atoms with Gasteiger partial charge in [0.05, 0.1) is 24.8 Å². The molecule has 2 unspecified atom stereocenters. The highest BCUT2D eigenvalue weighted by atomic mass is 32.2. The Morgan fingerprint density at radius 1 is 1.29 bits per heavy atom. The highest BCUT2D eigenvalue weighted by Crippen LogP contribution is 2.34. The molecule has 1 saturated carbocycles. The van der Waals surface area contributed by atoms with Crippen LogP contribution in [0.4, 0.5) is 0 Å². The van der Waals surface area contributed by atoms with E-state index in [9.17, 15) is 13.2 Å². The number of methoxy groups -OCH3 is 1. The smallest absolute Gasteiger partial charge is 0.310 e. The summed E-state index contributed by atoms with van der Waals surface area (Å²) in [5.41, 5.74) is 0. The van der Waals surface area contributed by atoms with Crippen LogP contribution in [0.2, 0.25) is 0 Å². The van der Waals surface area contributed by atoms with Gasteiger partial charge in [-0.3, -0.25) is 9.69 Å². The van der Waals surface area contributed by atoms with Gasteiger partial charge in [0.2, 0.25) is 10.0 Å². The van der Waals surface area contributed by atoms with Crippen LogP contribution in [0.1, 0.15) is 19.3 Å². The van der Waals surface area contributed by atoms with Crippen molar-refractivity contribution in [2.75, 3.05) is 39.8 Å². The summed E-state index contributed by atoms with van der Waals surface area (Å²) in [6.07, 6.45) is 7.15. The van der Waals surface area contributed by atoms with Crippen LogP contribution in [0.15, 0.2) is 0 Å². The predicted octanol–water partition coefficient (Wildman–Crippen LogP) is -0.0913. The van der Waals surface area contributed by atoms with Crippen molar-refractivity contribution in [3.8, 4) is 12.3 Å². The highest BCUT2D eigenvalue weighted by molar-refractivity contribution is 7.89. The van der Waals surface area contributed by atoms with Crippen molar-refractivity contribution >= 4 is 16.0 Å². The van der Waals surface area contributed by atoms with Gasteiger partial charge in [0.25, 0.3) is 0 Å². The van der Waals surface area contributed by atoms with Crippen LogP contribution < -0.4 is 0 Å². The molecule has 2 atom stereocenters. The van der Waals surface area contributed by atoms with E-state index in [0.29, 0.717) is 45.6 Å². The molecule has 0 N–H and O–H groups in total. The largest absolute Gasteiger partial charge is 0.469 e. The van der Waals surface area contributed by atoms with Crippen molar-refractivity contribution in [1.29, 1.82) is 0 Å². The summed E-state index contributed by atoms with van der Waals surface area (Å²) in [5, 5.41) is -0.635. The second-order valence-corrected chi connectivity index (χ2v) is 7.68. The lowest BCUT2D eigenvalue weighted by Crippen LogP contribution is -2.52. The lowest BCUT2D eigenvalue weighted by molar-refractivity contribution is -0.145. The third-order valence-electron chi connectivity index (χ3n) is 4.35. The van der Waals surface area contributed by atoms with E-state index >= 15 is 0 Å². The second kappa shape index (κ2) is 6.77. The van der Waals surface area contributed by atoms with Crippen LogP contribution in [0.5, 0.6) is 0 Å². The third-order valence-corrected chi connectivity index (χ3v) is 6.76. The van der Waals surface area contributed by atoms with Crippen LogP contribution in [0.3, 0.4) is 0 Å². The van der Waals surface area contributed by atoms with Crippen LogP contribution in [0, 0.1) is 18.3 Å². The zero-order valence-electron chi connectivity index (χ0n) is 12.3. The van der Waals surface area contributed by atoms with Gasteiger partial charge >= 0.3 is 5.97 Å². The van der Waals surface area contributed by atoms with E-state index in [4.69, 9.17) is 11.2 Å². The van der Waals surface area contributed by atoms with Crippen LogP contribution in [-0.4, -0.2) is 68.7 Å². The molecule has 118 valence electrons. The van der Waals surface area contributed by atoms with E-state index in [2.05, 4.69) is 10.8 Å². The second-order valence-electron chi connectivity index (χ2n) is 5.52. The lowest BCUT2D eigenvalue weighted by Gasteiger charge is -2.35. The third kappa shape index (κ3) is 3.39. The maximum Gasteiger partial charge on any atom is 0.310 e. The molecular weight excluding hydrogens is 292 g/mol. The maximum atomic E-state index is 12.7. The molecule has 0 aromatic carbocycles. The first-order chi connectivity index (χ1) is 10.0. The Morgan fingerprint density at radius 3 is 2.52 bits per heavy atom. The van der Waals surface area contributed by atoms with Gasteiger partial charge in [-0.2, -0.15) is 4.31 Å². The SMILES string of the molecule is C#CCN1CCN(S(=O)(=O)C2CCCC2C(=O)OC)CC1. The molecular formula is C14H22N2O4S. The minimum absolute atomic E-state index is 0.410. The molecule has 0 aromatic heterocycles. The number of carbonyl (C=O) groups is 1. The summed E-state index contributed by atoms with van der Waals surface area (Å²) in [5.74, 6) is 1.64. The first-order valence-corrected chi connectivity index (χ1v) is 8.73. The number of piperazine rings is 1. The molecule has 6 nitrogen and oxygen atoms in total. The van der Waals surface area contributed by atoms with E-state index < -0.39 is 27.2 Å². The molecule has 0 bridgehead atoms. The Kier molecular flexibility index (Phi) is 5.25. The molecule has 21 heavy (non-hydrogen) atoms. The molecule has 0 radical (unpaired) electrons. The molecule has 1 saturated heterocycles. The molecule has 7 heteroatoms. The number of rotatable bonds is 4. The molecule has 0 spiro atoms. The zero-order valence-corrected chi connectivity index (χ0v) is 13.1. The van der Waals surface area contributed by atoms with E-state index in [1.165, 1.54) is 11.4 Å². The molecule has 1 heterocycles. The molecule has 2 fully saturated rings. The summed E-state index contributed by atoms with van der Waals surface area (Å²) in [7, 11) is -2.14. The Labute approximate surface area is 126 Å². The molecule has 0 aromatic rings. The lowest BCUT2D eigenvalue weighted by atomic mass is 10.1. The Balaban J connectivity index is 2.05. The number of hydrogen-bond acceptors (Lipinski definition) is 5. The number of sulfonamides is 1. The normalized spacial score (nSPS) is 28.2. The number of hydrogen-bond donors (Lipinski definition) is 0. The summed E-state index contributed by atoms with van der Waals surface area (Å²) < 4.78 is 31.7. The average molecular weight is 314 g/mol. The zero-order chi connectivity index (χ0) is 15.5. The van der Waals surface area contributed by atoms with Gasteiger partial charge in [0.15, 0.2) is 0 Å². The van der Waals surface area contributed by atoms with E-state index in [1.54, 1.807) is 0 Å². The fourth-order valence-corrected chi connectivity index (χ4v) is 5.35. The van der Waals surface area contributed by atoms with Crippen LogP contribution in [-0.2, 0) is 19.6 Å². The fraction of sp³-hybridized carbons (Fsp3) is 0.786. The number of ether oxygens (including phenoxy) is 1. The van der Waals surface area contributed by atoms with E-state index in [0.717, 1.165) is 6.42 Å². The molecule has 1 aliphatic carbocycles. The number of carbonyl (C=O) groups excluding carboxylic acids is 1. The van der Waals surface area contributed by atoms with Crippen molar-refractivity contribution in [3.63, 3.8) is 0 Å². The van der Waals surface area contributed by atoms with Gasteiger partial charge in [-0.15, -0.1) is 6.42 Å². The number of terminal acetylenes is 1. The molecule has 2 aliphatic rings. The van der Waals surface area contributed by atoms with Crippen LogP contribution in [0.25, 0.3) is 0 Å². The summed E-state index contributed by atoms with van der Waals surface area (Å²) in [6, 6.07) is 0. The molecule has 0 amide bonds. The van der Waals surface area contributed by atoms with Gasteiger partial charge in [0.1, 0.15) is 0 Å². The fourth-order valence-electron chi connectivity index (χ4n) is 3.17. The van der Waals surface area contributed by atoms with Crippen molar-refractivity contribution in [3.05, 3.63) is 0 Å². The van der Waals surface area contributed by atoms with E-state index in [1.807, 2.05) is 0 Å². The van der Waals surface area contributed by atoms with Crippen LogP contribution >= 0.6 is 0 Å². The predicted molar refractivity (Wildman–Crippen MR) is 78.9 cm³/mol. The first-order valence-electron chi connectivity index (χ1n) is 7.23. The van der Waals surface area contributed by atoms with Gasteiger partial charge in [-0.05, 0) is 12.8 Å². The highest BCUT2D eigenvalue weighted by Gasteiger charge is 2.45. The topological polar surface area (TPSA) is 66.9 Å². The number of nitrogens with zero attached hydrogens (tertiary/aromatic N) is 2. The van der Waals surface area contributed by atoms with Gasteiger partial charge < -0.3 is 4.74 Å². The molecule has 2 rings (SSSR count). The van der Waals surface area contributed by atoms with Crippen molar-refractivity contribution in [2.45, 2.75) is 24.5 Å². The van der Waals surface area contributed by atoms with Crippen molar-refractivity contribution in [1.82, 2.24) is 9.21 Å². The minimum Gasteiger partial charge on any atom is -0.469 e.